The van der Waals surface area contributed by atoms with E-state index in [2.05, 4.69) is 16.9 Å². The van der Waals surface area contributed by atoms with E-state index in [1.807, 2.05) is 0 Å². The van der Waals surface area contributed by atoms with Crippen molar-refractivity contribution in [3.8, 4) is 0 Å². The highest BCUT2D eigenvalue weighted by atomic mass is 35.5. The second-order valence-electron chi connectivity index (χ2n) is 6.67. The predicted octanol–water partition coefficient (Wildman–Crippen LogP) is 4.25. The SMILES string of the molecule is CC1CCC(c2[nH]c(=O)[nH]c(=O)c2Cc2cc(Cl)ccc2Cl)CC1. The normalized spacial score (nSPS) is 21.0. The molecular formula is C18H20Cl2N2O2. The summed E-state index contributed by atoms with van der Waals surface area (Å²) in [5.74, 6) is 0.907. The van der Waals surface area contributed by atoms with E-state index in [4.69, 9.17) is 23.2 Å². The lowest BCUT2D eigenvalue weighted by Crippen LogP contribution is -2.30. The zero-order valence-corrected chi connectivity index (χ0v) is 15.0. The maximum absolute atomic E-state index is 12.4. The van der Waals surface area contributed by atoms with Crippen molar-refractivity contribution in [2.24, 2.45) is 5.92 Å². The molecule has 1 aliphatic carbocycles. The molecule has 0 radical (unpaired) electrons. The lowest BCUT2D eigenvalue weighted by atomic mass is 9.80. The van der Waals surface area contributed by atoms with E-state index in [1.165, 1.54) is 0 Å². The Labute approximate surface area is 150 Å². The van der Waals surface area contributed by atoms with Crippen LogP contribution < -0.4 is 11.2 Å². The van der Waals surface area contributed by atoms with Gasteiger partial charge < -0.3 is 4.98 Å². The van der Waals surface area contributed by atoms with Crippen molar-refractivity contribution < 1.29 is 0 Å². The Hall–Kier alpha value is -1.52. The van der Waals surface area contributed by atoms with E-state index in [0.29, 0.717) is 27.9 Å². The smallest absolute Gasteiger partial charge is 0.311 e. The molecular weight excluding hydrogens is 347 g/mol. The summed E-state index contributed by atoms with van der Waals surface area (Å²) in [5, 5.41) is 1.14. The van der Waals surface area contributed by atoms with Crippen LogP contribution in [0.15, 0.2) is 27.8 Å². The van der Waals surface area contributed by atoms with E-state index in [-0.39, 0.29) is 11.5 Å². The van der Waals surface area contributed by atoms with Crippen molar-refractivity contribution in [3.63, 3.8) is 0 Å². The van der Waals surface area contributed by atoms with Crippen LogP contribution in [0.25, 0.3) is 0 Å². The summed E-state index contributed by atoms with van der Waals surface area (Å²) in [6.45, 7) is 2.24. The largest absolute Gasteiger partial charge is 0.325 e. The first-order chi connectivity index (χ1) is 11.4. The molecule has 0 aliphatic heterocycles. The van der Waals surface area contributed by atoms with Gasteiger partial charge in [0.2, 0.25) is 0 Å². The van der Waals surface area contributed by atoms with Gasteiger partial charge in [0, 0.05) is 27.7 Å². The number of aromatic nitrogens is 2. The van der Waals surface area contributed by atoms with Gasteiger partial charge in [-0.3, -0.25) is 9.78 Å². The van der Waals surface area contributed by atoms with E-state index in [1.54, 1.807) is 18.2 Å². The number of benzene rings is 1. The summed E-state index contributed by atoms with van der Waals surface area (Å²) in [5.41, 5.74) is 1.33. The van der Waals surface area contributed by atoms with Crippen molar-refractivity contribution in [1.82, 2.24) is 9.97 Å². The van der Waals surface area contributed by atoms with Gasteiger partial charge in [-0.25, -0.2) is 4.79 Å². The van der Waals surface area contributed by atoms with Crippen LogP contribution in [0.2, 0.25) is 10.0 Å². The zero-order chi connectivity index (χ0) is 17.3. The zero-order valence-electron chi connectivity index (χ0n) is 13.5. The number of H-pyrrole nitrogens is 2. The Bertz CT molecular complexity index is 849. The lowest BCUT2D eigenvalue weighted by Gasteiger charge is -2.27. The molecule has 0 amide bonds. The Morgan fingerprint density at radius 2 is 1.79 bits per heavy atom. The second-order valence-corrected chi connectivity index (χ2v) is 7.51. The number of halogens is 2. The minimum atomic E-state index is -0.449. The summed E-state index contributed by atoms with van der Waals surface area (Å²) >= 11 is 12.3. The number of rotatable bonds is 3. The Kier molecular flexibility index (Phi) is 5.16. The quantitative estimate of drug-likeness (QED) is 0.852. The molecule has 0 atom stereocenters. The Morgan fingerprint density at radius 1 is 1.08 bits per heavy atom. The molecule has 0 bridgehead atoms. The summed E-state index contributed by atoms with van der Waals surface area (Å²) in [7, 11) is 0. The Balaban J connectivity index is 2.02. The van der Waals surface area contributed by atoms with Crippen molar-refractivity contribution in [3.05, 3.63) is 65.9 Å². The van der Waals surface area contributed by atoms with Crippen LogP contribution in [-0.4, -0.2) is 9.97 Å². The number of nitrogens with one attached hydrogen (secondary N) is 2. The molecule has 1 fully saturated rings. The van der Waals surface area contributed by atoms with Crippen molar-refractivity contribution in [2.45, 2.75) is 44.9 Å². The van der Waals surface area contributed by atoms with Crippen LogP contribution in [0.4, 0.5) is 0 Å². The summed E-state index contributed by atoms with van der Waals surface area (Å²) in [4.78, 5) is 29.4. The fourth-order valence-corrected chi connectivity index (χ4v) is 3.85. The molecule has 2 N–H and O–H groups in total. The standard InChI is InChI=1S/C18H20Cl2N2O2/c1-10-2-4-11(5-3-10)16-14(17(23)22-18(24)21-16)9-12-8-13(19)6-7-15(12)20/h6-8,10-11H,2-5,9H2,1H3,(H2,21,22,23,24). The maximum atomic E-state index is 12.4. The first-order valence-corrected chi connectivity index (χ1v) is 8.99. The molecule has 1 aromatic carbocycles. The highest BCUT2D eigenvalue weighted by Gasteiger charge is 2.24. The van der Waals surface area contributed by atoms with Crippen LogP contribution >= 0.6 is 23.2 Å². The molecule has 0 spiro atoms. The minimum absolute atomic E-state index is 0.212. The number of hydrogen-bond donors (Lipinski definition) is 2. The fraction of sp³-hybridized carbons (Fsp3) is 0.444. The average molecular weight is 367 g/mol. The molecule has 128 valence electrons. The van der Waals surface area contributed by atoms with Gasteiger partial charge in [0.05, 0.1) is 0 Å². The van der Waals surface area contributed by atoms with Crippen LogP contribution in [0.5, 0.6) is 0 Å². The second kappa shape index (κ2) is 7.16. The average Bonchev–Trinajstić information content (AvgIpc) is 2.54. The van der Waals surface area contributed by atoms with Crippen molar-refractivity contribution in [1.29, 1.82) is 0 Å². The van der Waals surface area contributed by atoms with Gasteiger partial charge in [-0.1, -0.05) is 43.0 Å². The van der Waals surface area contributed by atoms with Gasteiger partial charge >= 0.3 is 5.69 Å². The third kappa shape index (κ3) is 3.76. The molecule has 6 heteroatoms. The fourth-order valence-electron chi connectivity index (χ4n) is 3.47. The van der Waals surface area contributed by atoms with Crippen LogP contribution in [0.3, 0.4) is 0 Å². The van der Waals surface area contributed by atoms with Crippen LogP contribution in [0.1, 0.15) is 55.3 Å². The van der Waals surface area contributed by atoms with Crippen LogP contribution in [-0.2, 0) is 6.42 Å². The van der Waals surface area contributed by atoms with Crippen molar-refractivity contribution >= 4 is 23.2 Å². The van der Waals surface area contributed by atoms with E-state index >= 15 is 0 Å². The molecule has 0 unspecified atom stereocenters. The monoisotopic (exact) mass is 366 g/mol. The molecule has 24 heavy (non-hydrogen) atoms. The van der Waals surface area contributed by atoms with Crippen molar-refractivity contribution in [2.75, 3.05) is 0 Å². The molecule has 0 saturated heterocycles. The molecule has 1 aliphatic rings. The van der Waals surface area contributed by atoms with Gasteiger partial charge in [0.1, 0.15) is 0 Å². The highest BCUT2D eigenvalue weighted by Crippen LogP contribution is 2.35. The first-order valence-electron chi connectivity index (χ1n) is 8.23. The highest BCUT2D eigenvalue weighted by molar-refractivity contribution is 6.33. The third-order valence-corrected chi connectivity index (χ3v) is 5.48. The molecule has 1 aromatic heterocycles. The summed E-state index contributed by atoms with van der Waals surface area (Å²) in [6, 6.07) is 5.20. The van der Waals surface area contributed by atoms with Gasteiger partial charge in [0.25, 0.3) is 5.56 Å². The van der Waals surface area contributed by atoms with E-state index < -0.39 is 5.69 Å². The van der Waals surface area contributed by atoms with Gasteiger partial charge in [-0.05, 0) is 48.4 Å². The van der Waals surface area contributed by atoms with Gasteiger partial charge in [0.15, 0.2) is 0 Å². The molecule has 3 rings (SSSR count). The number of hydrogen-bond acceptors (Lipinski definition) is 2. The summed E-state index contributed by atoms with van der Waals surface area (Å²) < 4.78 is 0. The summed E-state index contributed by atoms with van der Waals surface area (Å²) in [6.07, 6.45) is 4.54. The Morgan fingerprint density at radius 3 is 2.50 bits per heavy atom. The minimum Gasteiger partial charge on any atom is -0.311 e. The van der Waals surface area contributed by atoms with Gasteiger partial charge in [-0.15, -0.1) is 0 Å². The topological polar surface area (TPSA) is 65.7 Å². The first kappa shape index (κ1) is 17.3. The number of aromatic amines is 2. The predicted molar refractivity (Wildman–Crippen MR) is 97.3 cm³/mol. The molecule has 1 heterocycles. The van der Waals surface area contributed by atoms with Crippen LogP contribution in [0, 0.1) is 5.92 Å². The van der Waals surface area contributed by atoms with E-state index in [0.717, 1.165) is 36.9 Å². The van der Waals surface area contributed by atoms with E-state index in [9.17, 15) is 9.59 Å². The molecule has 1 saturated carbocycles. The lowest BCUT2D eigenvalue weighted by molar-refractivity contribution is 0.342. The maximum Gasteiger partial charge on any atom is 0.325 e. The molecule has 4 nitrogen and oxygen atoms in total. The third-order valence-electron chi connectivity index (χ3n) is 4.87. The van der Waals surface area contributed by atoms with Gasteiger partial charge in [-0.2, -0.15) is 0 Å². The molecule has 2 aromatic rings.